The van der Waals surface area contributed by atoms with E-state index in [1.807, 2.05) is 30.3 Å². The molecule has 2 N–H and O–H groups in total. The van der Waals surface area contributed by atoms with Crippen molar-refractivity contribution in [3.8, 4) is 0 Å². The molecule has 1 fully saturated rings. The highest BCUT2D eigenvalue weighted by atomic mass is 35.5. The number of halogens is 3. The monoisotopic (exact) mass is 484 g/mol. The second-order valence-electron chi connectivity index (χ2n) is 8.22. The van der Waals surface area contributed by atoms with Crippen LogP contribution < -0.4 is 5.32 Å². The van der Waals surface area contributed by atoms with E-state index >= 15 is 0 Å². The number of aliphatic imine (C=N–C) groups is 1. The van der Waals surface area contributed by atoms with Gasteiger partial charge >= 0.3 is 5.97 Å². The van der Waals surface area contributed by atoms with Crippen LogP contribution in [-0.4, -0.2) is 59.4 Å². The Morgan fingerprint density at radius 3 is 2.45 bits per heavy atom. The van der Waals surface area contributed by atoms with Crippen LogP contribution in [0.4, 0.5) is 17.1 Å². The summed E-state index contributed by atoms with van der Waals surface area (Å²) < 4.78 is 0. The van der Waals surface area contributed by atoms with Crippen molar-refractivity contribution in [1.29, 1.82) is 0 Å². The van der Waals surface area contributed by atoms with Gasteiger partial charge in [0.1, 0.15) is 5.84 Å². The molecule has 0 aromatic heterocycles. The lowest BCUT2D eigenvalue weighted by Gasteiger charge is -2.39. The van der Waals surface area contributed by atoms with Gasteiger partial charge in [-0.1, -0.05) is 23.7 Å². The molecule has 0 spiro atoms. The Hall–Kier alpha value is -1.99. The molecule has 2 aromatic rings. The molecule has 2 aromatic carbocycles. The molecule has 2 aliphatic rings. The van der Waals surface area contributed by atoms with Crippen LogP contribution in [0.1, 0.15) is 19.4 Å². The number of rotatable bonds is 3. The highest BCUT2D eigenvalue weighted by molar-refractivity contribution is 6.31. The predicted molar refractivity (Wildman–Crippen MR) is 131 cm³/mol. The molecule has 0 bridgehead atoms. The number of carbonyl (C=O) groups is 1. The number of nitrogens with zero attached hydrogens (tertiary/aromatic N) is 3. The lowest BCUT2D eigenvalue weighted by Crippen LogP contribution is -2.52. The molecule has 2 heterocycles. The average Bonchev–Trinajstić information content (AvgIpc) is 2.85. The number of nitrogens with one attached hydrogen (secondary N) is 1. The highest BCUT2D eigenvalue weighted by Gasteiger charge is 2.32. The molecule has 2 aliphatic heterocycles. The molecule has 1 saturated heterocycles. The third-order valence-corrected chi connectivity index (χ3v) is 5.73. The van der Waals surface area contributed by atoms with Crippen LogP contribution >= 0.6 is 36.4 Å². The SMILES string of the molecule is CC(C)(CN1CCN(C2=Nc3cc(Cl)ccc3Nc3ccccc32)CC1)C(=O)O.Cl.Cl. The number of hydrogen-bond acceptors (Lipinski definition) is 5. The standard InChI is InChI=1S/C22H25ClN4O2.2ClH/c1-22(2,21(28)29)14-26-9-11-27(12-10-26)20-16-5-3-4-6-17(16)24-18-8-7-15(23)13-19(18)25-20;;/h3-8,13,24H,9-12,14H2,1-2H3,(H,28,29);2*1H. The Bertz CT molecular complexity index is 973. The quantitative estimate of drug-likeness (QED) is 0.637. The van der Waals surface area contributed by atoms with Crippen molar-refractivity contribution >= 4 is 65.3 Å². The maximum absolute atomic E-state index is 11.5. The molecule has 6 nitrogen and oxygen atoms in total. The highest BCUT2D eigenvalue weighted by Crippen LogP contribution is 2.36. The van der Waals surface area contributed by atoms with Crippen LogP contribution in [0.25, 0.3) is 0 Å². The minimum atomic E-state index is -0.762. The maximum Gasteiger partial charge on any atom is 0.310 e. The number of piperazine rings is 1. The van der Waals surface area contributed by atoms with Gasteiger partial charge in [0.2, 0.25) is 0 Å². The Balaban J connectivity index is 0.00000171. The molecule has 9 heteroatoms. The zero-order chi connectivity index (χ0) is 20.6. The van der Waals surface area contributed by atoms with E-state index in [1.54, 1.807) is 13.8 Å². The fraction of sp³-hybridized carbons (Fsp3) is 0.364. The summed E-state index contributed by atoms with van der Waals surface area (Å²) in [6, 6.07) is 13.9. The van der Waals surface area contributed by atoms with Gasteiger partial charge in [0.25, 0.3) is 0 Å². The number of fused-ring (bicyclic) bond motifs is 2. The Morgan fingerprint density at radius 1 is 1.10 bits per heavy atom. The lowest BCUT2D eigenvalue weighted by atomic mass is 9.93. The van der Waals surface area contributed by atoms with Gasteiger partial charge in [-0.2, -0.15) is 0 Å². The van der Waals surface area contributed by atoms with Gasteiger partial charge in [-0.05, 0) is 44.2 Å². The molecular formula is C22H27Cl3N4O2. The number of carboxylic acids is 1. The molecule has 0 aliphatic carbocycles. The van der Waals surface area contributed by atoms with Crippen molar-refractivity contribution < 1.29 is 9.90 Å². The lowest BCUT2D eigenvalue weighted by molar-refractivity contribution is -0.148. The van der Waals surface area contributed by atoms with Gasteiger partial charge in [0, 0.05) is 49.0 Å². The number of hydrogen-bond donors (Lipinski definition) is 2. The van der Waals surface area contributed by atoms with Crippen LogP contribution in [0, 0.1) is 5.41 Å². The van der Waals surface area contributed by atoms with Crippen molar-refractivity contribution in [3.63, 3.8) is 0 Å². The van der Waals surface area contributed by atoms with Gasteiger partial charge in [-0.3, -0.25) is 9.69 Å². The predicted octanol–water partition coefficient (Wildman–Crippen LogP) is 5.05. The van der Waals surface area contributed by atoms with Crippen LogP contribution in [0.2, 0.25) is 5.02 Å². The summed E-state index contributed by atoms with van der Waals surface area (Å²) in [6.07, 6.45) is 0. The van der Waals surface area contributed by atoms with E-state index < -0.39 is 11.4 Å². The van der Waals surface area contributed by atoms with Crippen LogP contribution in [0.5, 0.6) is 0 Å². The topological polar surface area (TPSA) is 68.2 Å². The van der Waals surface area contributed by atoms with E-state index in [0.717, 1.165) is 54.6 Å². The second-order valence-corrected chi connectivity index (χ2v) is 8.66. The minimum absolute atomic E-state index is 0. The largest absolute Gasteiger partial charge is 0.481 e. The van der Waals surface area contributed by atoms with Crippen molar-refractivity contribution in [2.24, 2.45) is 10.4 Å². The summed E-state index contributed by atoms with van der Waals surface area (Å²) in [6.45, 7) is 7.28. The van der Waals surface area contributed by atoms with E-state index in [-0.39, 0.29) is 24.8 Å². The summed E-state index contributed by atoms with van der Waals surface area (Å²) in [5.41, 5.74) is 3.06. The van der Waals surface area contributed by atoms with Crippen molar-refractivity contribution in [2.75, 3.05) is 38.0 Å². The van der Waals surface area contributed by atoms with E-state index in [0.29, 0.717) is 11.6 Å². The van der Waals surface area contributed by atoms with E-state index in [9.17, 15) is 9.90 Å². The molecular weight excluding hydrogens is 459 g/mol. The Morgan fingerprint density at radius 2 is 1.77 bits per heavy atom. The second kappa shape index (κ2) is 10.1. The summed E-state index contributed by atoms with van der Waals surface area (Å²) in [5.74, 6) is 0.160. The van der Waals surface area contributed by atoms with E-state index in [1.165, 1.54) is 0 Å². The number of para-hydroxylation sites is 1. The smallest absolute Gasteiger partial charge is 0.310 e. The third-order valence-electron chi connectivity index (χ3n) is 5.49. The normalized spacial score (nSPS) is 15.8. The molecule has 0 unspecified atom stereocenters. The number of carboxylic acid groups (broad SMARTS) is 1. The van der Waals surface area contributed by atoms with Crippen molar-refractivity contribution in [3.05, 3.63) is 53.1 Å². The van der Waals surface area contributed by atoms with Gasteiger partial charge in [0.15, 0.2) is 0 Å². The van der Waals surface area contributed by atoms with Gasteiger partial charge in [-0.15, -0.1) is 24.8 Å². The average molecular weight is 486 g/mol. The van der Waals surface area contributed by atoms with Crippen LogP contribution in [0.15, 0.2) is 47.5 Å². The van der Waals surface area contributed by atoms with Crippen molar-refractivity contribution in [2.45, 2.75) is 13.8 Å². The molecule has 0 atom stereocenters. The van der Waals surface area contributed by atoms with Crippen LogP contribution in [0.3, 0.4) is 0 Å². The summed E-state index contributed by atoms with van der Waals surface area (Å²) >= 11 is 6.22. The van der Waals surface area contributed by atoms with Gasteiger partial charge in [0.05, 0.1) is 16.8 Å². The molecule has 168 valence electrons. The zero-order valence-electron chi connectivity index (χ0n) is 17.5. The summed E-state index contributed by atoms with van der Waals surface area (Å²) in [4.78, 5) is 20.9. The Labute approximate surface area is 200 Å². The van der Waals surface area contributed by atoms with E-state index in [2.05, 4.69) is 27.2 Å². The van der Waals surface area contributed by atoms with Crippen LogP contribution in [-0.2, 0) is 4.79 Å². The number of benzene rings is 2. The maximum atomic E-state index is 11.5. The third kappa shape index (κ3) is 5.44. The first-order chi connectivity index (χ1) is 13.8. The number of anilines is 2. The summed E-state index contributed by atoms with van der Waals surface area (Å²) in [5, 5.41) is 13.5. The number of aliphatic carboxylic acids is 1. The molecule has 31 heavy (non-hydrogen) atoms. The fourth-order valence-corrected chi connectivity index (χ4v) is 3.96. The van der Waals surface area contributed by atoms with Crippen molar-refractivity contribution in [1.82, 2.24) is 9.80 Å². The van der Waals surface area contributed by atoms with Gasteiger partial charge in [-0.25, -0.2) is 4.99 Å². The fourth-order valence-electron chi connectivity index (χ4n) is 3.80. The molecule has 0 radical (unpaired) electrons. The molecule has 0 saturated carbocycles. The number of amidine groups is 1. The first kappa shape index (κ1) is 25.3. The Kier molecular flexibility index (Phi) is 8.22. The molecule has 4 rings (SSSR count). The first-order valence-electron chi connectivity index (χ1n) is 9.79. The van der Waals surface area contributed by atoms with E-state index in [4.69, 9.17) is 16.6 Å². The van der Waals surface area contributed by atoms with Gasteiger partial charge < -0.3 is 15.3 Å². The molecule has 0 amide bonds. The zero-order valence-corrected chi connectivity index (χ0v) is 19.9. The summed E-state index contributed by atoms with van der Waals surface area (Å²) in [7, 11) is 0. The first-order valence-corrected chi connectivity index (χ1v) is 10.2. The minimum Gasteiger partial charge on any atom is -0.481 e.